The Morgan fingerprint density at radius 3 is 1.83 bits per heavy atom. The van der Waals surface area contributed by atoms with E-state index in [2.05, 4.69) is 50.4 Å². The molecule has 1 aliphatic heterocycles. The number of anilines is 1. The third kappa shape index (κ3) is 5.04. The van der Waals surface area contributed by atoms with Gasteiger partial charge in [-0.25, -0.2) is 0 Å². The van der Waals surface area contributed by atoms with E-state index in [-0.39, 0.29) is 28.7 Å². The van der Waals surface area contributed by atoms with E-state index in [0.29, 0.717) is 16.8 Å². The summed E-state index contributed by atoms with van der Waals surface area (Å²) in [6.07, 6.45) is 0.809. The molecule has 0 unspecified atom stereocenters. The van der Waals surface area contributed by atoms with Gasteiger partial charge >= 0.3 is 0 Å². The lowest BCUT2D eigenvalue weighted by Crippen LogP contribution is -2.45. The standard InChI is InChI=1S/C30H32N2O3/c1-29(2,3)22-12-7-19(8-13-22)17-20-9-14-23(15-10-20)31-26(33)21-11-16-24-25(18-21)28(35)32(27(24)34)30(4,5)6/h7-16,18H,17H2,1-6H3,(H,31,33). The van der Waals surface area contributed by atoms with Crippen molar-refractivity contribution in [3.63, 3.8) is 0 Å². The second-order valence-corrected chi connectivity index (χ2v) is 11.2. The minimum Gasteiger partial charge on any atom is -0.322 e. The van der Waals surface area contributed by atoms with Gasteiger partial charge in [0.1, 0.15) is 0 Å². The van der Waals surface area contributed by atoms with Gasteiger partial charge in [0, 0.05) is 16.8 Å². The molecule has 35 heavy (non-hydrogen) atoms. The molecule has 0 radical (unpaired) electrons. The molecule has 1 heterocycles. The van der Waals surface area contributed by atoms with Gasteiger partial charge < -0.3 is 5.32 Å². The minimum absolute atomic E-state index is 0.131. The number of nitrogens with zero attached hydrogens (tertiary/aromatic N) is 1. The number of carbonyl (C=O) groups is 3. The first-order chi connectivity index (χ1) is 16.3. The summed E-state index contributed by atoms with van der Waals surface area (Å²) in [5.41, 5.74) is 4.80. The van der Waals surface area contributed by atoms with Crippen LogP contribution in [0.4, 0.5) is 5.69 Å². The molecule has 0 saturated carbocycles. The lowest BCUT2D eigenvalue weighted by Gasteiger charge is -2.29. The zero-order valence-corrected chi connectivity index (χ0v) is 21.2. The quantitative estimate of drug-likeness (QED) is 0.462. The van der Waals surface area contributed by atoms with Gasteiger partial charge in [0.15, 0.2) is 0 Å². The lowest BCUT2D eigenvalue weighted by atomic mass is 9.86. The van der Waals surface area contributed by atoms with E-state index in [1.807, 2.05) is 45.0 Å². The maximum atomic E-state index is 12.8. The van der Waals surface area contributed by atoms with Crippen molar-refractivity contribution >= 4 is 23.4 Å². The van der Waals surface area contributed by atoms with Crippen LogP contribution in [0.5, 0.6) is 0 Å². The number of benzene rings is 3. The molecule has 3 aromatic carbocycles. The predicted octanol–water partition coefficient (Wildman–Crippen LogP) is 6.22. The highest BCUT2D eigenvalue weighted by atomic mass is 16.2. The highest BCUT2D eigenvalue weighted by molar-refractivity contribution is 6.22. The van der Waals surface area contributed by atoms with E-state index in [1.54, 1.807) is 12.1 Å². The zero-order chi connectivity index (χ0) is 25.5. The predicted molar refractivity (Wildman–Crippen MR) is 139 cm³/mol. The van der Waals surface area contributed by atoms with Crippen molar-refractivity contribution in [1.29, 1.82) is 0 Å². The van der Waals surface area contributed by atoms with Gasteiger partial charge in [-0.15, -0.1) is 0 Å². The number of nitrogens with one attached hydrogen (secondary N) is 1. The maximum Gasteiger partial charge on any atom is 0.262 e. The summed E-state index contributed by atoms with van der Waals surface area (Å²) in [7, 11) is 0. The van der Waals surface area contributed by atoms with Crippen LogP contribution in [0.2, 0.25) is 0 Å². The SMILES string of the molecule is CC(C)(C)c1ccc(Cc2ccc(NC(=O)c3ccc4c(c3)C(=O)N(C(C)(C)C)C4=O)cc2)cc1. The van der Waals surface area contributed by atoms with E-state index in [1.165, 1.54) is 22.1 Å². The Hall–Kier alpha value is -3.73. The molecule has 3 aromatic rings. The molecule has 3 amide bonds. The highest BCUT2D eigenvalue weighted by Gasteiger charge is 2.42. The molecule has 180 valence electrons. The van der Waals surface area contributed by atoms with Crippen molar-refractivity contribution in [2.24, 2.45) is 0 Å². The monoisotopic (exact) mass is 468 g/mol. The van der Waals surface area contributed by atoms with Crippen LogP contribution in [-0.4, -0.2) is 28.2 Å². The third-order valence-electron chi connectivity index (χ3n) is 6.26. The van der Waals surface area contributed by atoms with Crippen LogP contribution < -0.4 is 5.32 Å². The average molecular weight is 469 g/mol. The molecule has 0 aromatic heterocycles. The van der Waals surface area contributed by atoms with Crippen LogP contribution in [0, 0.1) is 0 Å². The van der Waals surface area contributed by atoms with E-state index < -0.39 is 5.54 Å². The van der Waals surface area contributed by atoms with Crippen molar-refractivity contribution in [1.82, 2.24) is 4.90 Å². The molecule has 1 aliphatic rings. The van der Waals surface area contributed by atoms with Crippen molar-refractivity contribution in [3.8, 4) is 0 Å². The summed E-state index contributed by atoms with van der Waals surface area (Å²) in [6.45, 7) is 12.0. The van der Waals surface area contributed by atoms with Crippen molar-refractivity contribution < 1.29 is 14.4 Å². The molecule has 0 aliphatic carbocycles. The first-order valence-electron chi connectivity index (χ1n) is 11.9. The van der Waals surface area contributed by atoms with Crippen LogP contribution in [0.3, 0.4) is 0 Å². The molecular formula is C30H32N2O3. The van der Waals surface area contributed by atoms with Crippen LogP contribution in [-0.2, 0) is 11.8 Å². The fourth-order valence-corrected chi connectivity index (χ4v) is 4.26. The van der Waals surface area contributed by atoms with Crippen molar-refractivity contribution in [2.45, 2.75) is 58.9 Å². The number of fused-ring (bicyclic) bond motifs is 1. The summed E-state index contributed by atoms with van der Waals surface area (Å²) in [5.74, 6) is -1.02. The second-order valence-electron chi connectivity index (χ2n) is 11.2. The maximum absolute atomic E-state index is 12.8. The van der Waals surface area contributed by atoms with E-state index in [4.69, 9.17) is 0 Å². The highest BCUT2D eigenvalue weighted by Crippen LogP contribution is 2.30. The molecule has 0 spiro atoms. The summed E-state index contributed by atoms with van der Waals surface area (Å²) in [6, 6.07) is 21.1. The number of hydrogen-bond acceptors (Lipinski definition) is 3. The normalized spacial score (nSPS) is 13.7. The number of imide groups is 1. The Morgan fingerprint density at radius 2 is 1.29 bits per heavy atom. The Balaban J connectivity index is 1.44. The van der Waals surface area contributed by atoms with Crippen LogP contribution in [0.25, 0.3) is 0 Å². The smallest absolute Gasteiger partial charge is 0.262 e. The molecule has 5 nitrogen and oxygen atoms in total. The van der Waals surface area contributed by atoms with Gasteiger partial charge in [0.2, 0.25) is 0 Å². The largest absolute Gasteiger partial charge is 0.322 e. The summed E-state index contributed by atoms with van der Waals surface area (Å²) >= 11 is 0. The van der Waals surface area contributed by atoms with Gasteiger partial charge in [-0.2, -0.15) is 0 Å². The van der Waals surface area contributed by atoms with Crippen LogP contribution >= 0.6 is 0 Å². The van der Waals surface area contributed by atoms with E-state index >= 15 is 0 Å². The summed E-state index contributed by atoms with van der Waals surface area (Å²) < 4.78 is 0. The van der Waals surface area contributed by atoms with Crippen LogP contribution in [0.15, 0.2) is 66.7 Å². The van der Waals surface area contributed by atoms with Gasteiger partial charge in [0.25, 0.3) is 17.7 Å². The van der Waals surface area contributed by atoms with Crippen molar-refractivity contribution in [3.05, 3.63) is 100 Å². The van der Waals surface area contributed by atoms with E-state index in [9.17, 15) is 14.4 Å². The molecule has 0 fully saturated rings. The zero-order valence-electron chi connectivity index (χ0n) is 21.2. The fourth-order valence-electron chi connectivity index (χ4n) is 4.26. The number of hydrogen-bond donors (Lipinski definition) is 1. The third-order valence-corrected chi connectivity index (χ3v) is 6.26. The topological polar surface area (TPSA) is 66.5 Å². The number of amides is 3. The molecule has 1 N–H and O–H groups in total. The van der Waals surface area contributed by atoms with Gasteiger partial charge in [-0.1, -0.05) is 57.2 Å². The molecule has 4 rings (SSSR count). The Bertz CT molecular complexity index is 1290. The van der Waals surface area contributed by atoms with Gasteiger partial charge in [-0.3, -0.25) is 19.3 Å². The van der Waals surface area contributed by atoms with Crippen LogP contribution in [0.1, 0.15) is 89.3 Å². The second kappa shape index (κ2) is 8.81. The Morgan fingerprint density at radius 1 is 0.743 bits per heavy atom. The molecular weight excluding hydrogens is 436 g/mol. The Kier molecular flexibility index (Phi) is 6.14. The average Bonchev–Trinajstić information content (AvgIpc) is 3.04. The molecule has 5 heteroatoms. The van der Waals surface area contributed by atoms with Gasteiger partial charge in [0.05, 0.1) is 11.1 Å². The lowest BCUT2D eigenvalue weighted by molar-refractivity contribution is 0.0507. The van der Waals surface area contributed by atoms with Gasteiger partial charge in [-0.05, 0) is 79.6 Å². The first kappa shape index (κ1) is 24.4. The van der Waals surface area contributed by atoms with E-state index in [0.717, 1.165) is 12.0 Å². The minimum atomic E-state index is -0.633. The molecule has 0 saturated heterocycles. The number of rotatable bonds is 4. The van der Waals surface area contributed by atoms with Crippen molar-refractivity contribution in [2.75, 3.05) is 5.32 Å². The molecule has 0 bridgehead atoms. The Labute approximate surface area is 207 Å². The fraction of sp³-hybridized carbons (Fsp3) is 0.300. The number of carbonyl (C=O) groups excluding carboxylic acids is 3. The molecule has 0 atom stereocenters. The first-order valence-corrected chi connectivity index (χ1v) is 11.9. The summed E-state index contributed by atoms with van der Waals surface area (Å²) in [4.78, 5) is 39.6. The summed E-state index contributed by atoms with van der Waals surface area (Å²) in [5, 5.41) is 2.88.